The lowest BCUT2D eigenvalue weighted by molar-refractivity contribution is 0.0438. The molecule has 0 radical (unpaired) electrons. The van der Waals surface area contributed by atoms with Crippen LogP contribution < -0.4 is 0 Å². The Hall–Kier alpha value is -1.39. The zero-order valence-corrected chi connectivity index (χ0v) is 10.3. The smallest absolute Gasteiger partial charge is 0.338 e. The maximum absolute atomic E-state index is 11.5. The van der Waals surface area contributed by atoms with Gasteiger partial charge in [0.15, 0.2) is 0 Å². The summed E-state index contributed by atoms with van der Waals surface area (Å²) in [7, 11) is 1.37. The third-order valence-electron chi connectivity index (χ3n) is 2.26. The van der Waals surface area contributed by atoms with Crippen LogP contribution in [-0.2, 0) is 20.8 Å². The molecule has 0 aliphatic rings. The summed E-state index contributed by atoms with van der Waals surface area (Å²) in [4.78, 5) is 11.5. The van der Waals surface area contributed by atoms with Crippen molar-refractivity contribution in [1.29, 1.82) is 0 Å². The molecule has 0 heterocycles. The number of methoxy groups -OCH3 is 1. The standard InChI is InChI=1S/C13H18O4/c1-3-16-8-9-17-10-11-6-4-5-7-12(11)13(14)15-2/h4-7H,3,8-10H2,1-2H3. The third-order valence-corrected chi connectivity index (χ3v) is 2.26. The molecule has 0 aromatic heterocycles. The van der Waals surface area contributed by atoms with Crippen molar-refractivity contribution in [1.82, 2.24) is 0 Å². The highest BCUT2D eigenvalue weighted by molar-refractivity contribution is 5.90. The second kappa shape index (κ2) is 7.81. The maximum atomic E-state index is 11.5. The van der Waals surface area contributed by atoms with Gasteiger partial charge in [-0.25, -0.2) is 4.79 Å². The number of carbonyl (C=O) groups excluding carboxylic acids is 1. The Balaban J connectivity index is 2.49. The van der Waals surface area contributed by atoms with Crippen LogP contribution in [0.15, 0.2) is 24.3 Å². The van der Waals surface area contributed by atoms with E-state index in [1.807, 2.05) is 19.1 Å². The van der Waals surface area contributed by atoms with Gasteiger partial charge in [-0.3, -0.25) is 0 Å². The minimum absolute atomic E-state index is 0.339. The van der Waals surface area contributed by atoms with Gasteiger partial charge in [0, 0.05) is 6.61 Å². The third kappa shape index (κ3) is 4.54. The molecule has 0 fully saturated rings. The van der Waals surface area contributed by atoms with E-state index >= 15 is 0 Å². The average molecular weight is 238 g/mol. The topological polar surface area (TPSA) is 44.8 Å². The molecule has 0 aliphatic carbocycles. The van der Waals surface area contributed by atoms with Crippen LogP contribution in [0.3, 0.4) is 0 Å². The van der Waals surface area contributed by atoms with Crippen LogP contribution in [0.25, 0.3) is 0 Å². The predicted octanol–water partition coefficient (Wildman–Crippen LogP) is 2.03. The van der Waals surface area contributed by atoms with Gasteiger partial charge in [-0.1, -0.05) is 18.2 Å². The van der Waals surface area contributed by atoms with E-state index in [0.717, 1.165) is 5.56 Å². The van der Waals surface area contributed by atoms with Gasteiger partial charge in [0.2, 0.25) is 0 Å². The monoisotopic (exact) mass is 238 g/mol. The van der Waals surface area contributed by atoms with E-state index in [9.17, 15) is 4.79 Å². The molecule has 1 aromatic rings. The van der Waals surface area contributed by atoms with E-state index in [4.69, 9.17) is 14.2 Å². The minimum atomic E-state index is -0.339. The fourth-order valence-electron chi connectivity index (χ4n) is 1.40. The van der Waals surface area contributed by atoms with Gasteiger partial charge in [-0.2, -0.15) is 0 Å². The van der Waals surface area contributed by atoms with Gasteiger partial charge in [-0.15, -0.1) is 0 Å². The first-order chi connectivity index (χ1) is 8.29. The molecule has 1 aromatic carbocycles. The molecule has 0 saturated carbocycles. The number of esters is 1. The summed E-state index contributed by atoms with van der Waals surface area (Å²) in [5.41, 5.74) is 1.38. The van der Waals surface area contributed by atoms with E-state index in [1.54, 1.807) is 12.1 Å². The highest BCUT2D eigenvalue weighted by atomic mass is 16.5. The zero-order valence-electron chi connectivity index (χ0n) is 10.3. The number of ether oxygens (including phenoxy) is 3. The van der Waals surface area contributed by atoms with Crippen LogP contribution >= 0.6 is 0 Å². The van der Waals surface area contributed by atoms with Crippen molar-refractivity contribution in [2.45, 2.75) is 13.5 Å². The van der Waals surface area contributed by atoms with Crippen molar-refractivity contribution < 1.29 is 19.0 Å². The number of benzene rings is 1. The van der Waals surface area contributed by atoms with Crippen molar-refractivity contribution in [2.24, 2.45) is 0 Å². The van der Waals surface area contributed by atoms with E-state index < -0.39 is 0 Å². The first-order valence-corrected chi connectivity index (χ1v) is 5.61. The lowest BCUT2D eigenvalue weighted by Gasteiger charge is -2.08. The van der Waals surface area contributed by atoms with Gasteiger partial charge >= 0.3 is 5.97 Å². The van der Waals surface area contributed by atoms with E-state index in [1.165, 1.54) is 7.11 Å². The Morgan fingerprint density at radius 1 is 1.18 bits per heavy atom. The summed E-state index contributed by atoms with van der Waals surface area (Å²) in [6, 6.07) is 7.25. The fraction of sp³-hybridized carbons (Fsp3) is 0.462. The van der Waals surface area contributed by atoms with Crippen molar-refractivity contribution in [2.75, 3.05) is 26.9 Å². The van der Waals surface area contributed by atoms with Crippen molar-refractivity contribution in [3.8, 4) is 0 Å². The molecule has 0 atom stereocenters. The highest BCUT2D eigenvalue weighted by Crippen LogP contribution is 2.11. The van der Waals surface area contributed by atoms with Crippen LogP contribution in [0.5, 0.6) is 0 Å². The number of hydrogen-bond acceptors (Lipinski definition) is 4. The molecule has 0 spiro atoms. The summed E-state index contributed by atoms with van der Waals surface area (Å²) in [6.45, 7) is 4.09. The normalized spacial score (nSPS) is 10.2. The first kappa shape index (κ1) is 13.7. The van der Waals surface area contributed by atoms with E-state index in [0.29, 0.717) is 32.0 Å². The van der Waals surface area contributed by atoms with Crippen LogP contribution in [0.4, 0.5) is 0 Å². The molecule has 0 unspecified atom stereocenters. The molecule has 0 amide bonds. The first-order valence-electron chi connectivity index (χ1n) is 5.61. The molecular formula is C13H18O4. The molecule has 4 nitrogen and oxygen atoms in total. The summed E-state index contributed by atoms with van der Waals surface area (Å²) < 4.78 is 15.3. The molecule has 94 valence electrons. The Bertz CT molecular complexity index is 349. The largest absolute Gasteiger partial charge is 0.465 e. The van der Waals surface area contributed by atoms with Crippen LogP contribution in [0.1, 0.15) is 22.8 Å². The van der Waals surface area contributed by atoms with Gasteiger partial charge < -0.3 is 14.2 Å². The van der Waals surface area contributed by atoms with Crippen LogP contribution in [-0.4, -0.2) is 32.9 Å². The Morgan fingerprint density at radius 3 is 2.59 bits per heavy atom. The number of hydrogen-bond donors (Lipinski definition) is 0. The SMILES string of the molecule is CCOCCOCc1ccccc1C(=O)OC. The van der Waals surface area contributed by atoms with Crippen molar-refractivity contribution in [3.63, 3.8) is 0 Å². The second-order valence-electron chi connectivity index (χ2n) is 3.40. The highest BCUT2D eigenvalue weighted by Gasteiger charge is 2.10. The molecule has 0 saturated heterocycles. The van der Waals surface area contributed by atoms with Crippen molar-refractivity contribution in [3.05, 3.63) is 35.4 Å². The van der Waals surface area contributed by atoms with Crippen LogP contribution in [0, 0.1) is 0 Å². The number of rotatable bonds is 7. The summed E-state index contributed by atoms with van der Waals surface area (Å²) in [6.07, 6.45) is 0. The second-order valence-corrected chi connectivity index (χ2v) is 3.40. The summed E-state index contributed by atoms with van der Waals surface area (Å²) >= 11 is 0. The number of carbonyl (C=O) groups is 1. The lowest BCUT2D eigenvalue weighted by Crippen LogP contribution is -2.09. The van der Waals surface area contributed by atoms with E-state index in [2.05, 4.69) is 0 Å². The zero-order chi connectivity index (χ0) is 12.5. The molecule has 0 bridgehead atoms. The summed E-state index contributed by atoms with van der Waals surface area (Å²) in [5.74, 6) is -0.339. The predicted molar refractivity (Wildman–Crippen MR) is 63.9 cm³/mol. The average Bonchev–Trinajstić information content (AvgIpc) is 2.38. The van der Waals surface area contributed by atoms with Gasteiger partial charge in [0.05, 0.1) is 32.5 Å². The molecule has 4 heteroatoms. The molecular weight excluding hydrogens is 220 g/mol. The van der Waals surface area contributed by atoms with Gasteiger partial charge in [0.25, 0.3) is 0 Å². The molecule has 1 rings (SSSR count). The molecule has 0 N–H and O–H groups in total. The van der Waals surface area contributed by atoms with E-state index in [-0.39, 0.29) is 5.97 Å². The van der Waals surface area contributed by atoms with Crippen molar-refractivity contribution >= 4 is 5.97 Å². The Morgan fingerprint density at radius 2 is 1.88 bits per heavy atom. The quantitative estimate of drug-likeness (QED) is 0.538. The fourth-order valence-corrected chi connectivity index (χ4v) is 1.40. The van der Waals surface area contributed by atoms with Gasteiger partial charge in [-0.05, 0) is 18.6 Å². The maximum Gasteiger partial charge on any atom is 0.338 e. The Labute approximate surface area is 101 Å². The molecule has 17 heavy (non-hydrogen) atoms. The minimum Gasteiger partial charge on any atom is -0.465 e. The summed E-state index contributed by atoms with van der Waals surface area (Å²) in [5, 5.41) is 0. The van der Waals surface area contributed by atoms with Gasteiger partial charge in [0.1, 0.15) is 0 Å². The van der Waals surface area contributed by atoms with Crippen LogP contribution in [0.2, 0.25) is 0 Å². The Kier molecular flexibility index (Phi) is 6.29. The molecule has 0 aliphatic heterocycles. The lowest BCUT2D eigenvalue weighted by atomic mass is 10.1.